The van der Waals surface area contributed by atoms with Crippen LogP contribution in [0, 0.1) is 6.92 Å². The number of carbonyl (C=O) groups excluding carboxylic acids is 1. The van der Waals surface area contributed by atoms with Crippen LogP contribution < -0.4 is 0 Å². The number of hydrogen-bond donors (Lipinski definition) is 1. The van der Waals surface area contributed by atoms with Gasteiger partial charge in [-0.05, 0) is 26.8 Å². The van der Waals surface area contributed by atoms with Crippen LogP contribution in [0.1, 0.15) is 32.0 Å². The lowest BCUT2D eigenvalue weighted by molar-refractivity contribution is -0.303. The van der Waals surface area contributed by atoms with E-state index in [0.29, 0.717) is 5.69 Å². The van der Waals surface area contributed by atoms with Gasteiger partial charge in [-0.25, -0.2) is 0 Å². The molecule has 1 N–H and O–H groups in total. The summed E-state index contributed by atoms with van der Waals surface area (Å²) in [6, 6.07) is 0.613. The van der Waals surface area contributed by atoms with Crippen molar-refractivity contribution in [1.29, 1.82) is 0 Å². The average Bonchev–Trinajstić information content (AvgIpc) is 2.91. The third-order valence-electron chi connectivity index (χ3n) is 3.38. The van der Waals surface area contributed by atoms with Gasteiger partial charge in [-0.1, -0.05) is 0 Å². The largest absolute Gasteiger partial charge is 0.438 e. The second kappa shape index (κ2) is 4.83. The van der Waals surface area contributed by atoms with Crippen molar-refractivity contribution in [3.05, 3.63) is 18.0 Å². The second-order valence-corrected chi connectivity index (χ2v) is 5.07. The number of nitrogens with zero attached hydrogens (tertiary/aromatic N) is 4. The lowest BCUT2D eigenvalue weighted by atomic mass is 10.1. The third kappa shape index (κ3) is 2.41. The fourth-order valence-corrected chi connectivity index (χ4v) is 2.24. The molecule has 6 nitrogen and oxygen atoms in total. The van der Waals surface area contributed by atoms with Crippen LogP contribution in [0.15, 0.2) is 17.4 Å². The highest BCUT2D eigenvalue weighted by Crippen LogP contribution is 2.41. The molecule has 116 valence electrons. The molecule has 2 atom stereocenters. The molecule has 1 amide bonds. The Morgan fingerprint density at radius 2 is 2.10 bits per heavy atom. The minimum absolute atomic E-state index is 0.0348. The fraction of sp³-hybridized carbons (Fsp3) is 0.583. The number of hydrazone groups is 1. The van der Waals surface area contributed by atoms with Gasteiger partial charge in [-0.15, -0.1) is 0 Å². The molecule has 1 aliphatic heterocycles. The lowest BCUT2D eigenvalue weighted by Crippen LogP contribution is -2.57. The van der Waals surface area contributed by atoms with E-state index in [0.717, 1.165) is 0 Å². The molecule has 1 aliphatic rings. The van der Waals surface area contributed by atoms with E-state index in [1.54, 1.807) is 13.0 Å². The zero-order valence-electron chi connectivity index (χ0n) is 11.7. The van der Waals surface area contributed by atoms with E-state index >= 15 is 0 Å². The van der Waals surface area contributed by atoms with E-state index in [2.05, 4.69) is 10.2 Å². The van der Waals surface area contributed by atoms with Crippen LogP contribution in [-0.4, -0.2) is 43.4 Å². The first-order chi connectivity index (χ1) is 9.58. The standard InChI is InChI=1S/C12H15F3N4O2/c1-7-6-11(21,12(13,14)15)19(17-7)10(20)9(3)18-8(2)4-5-16-18/h4-5,9,21H,6H2,1-3H3/t9-,11+/m1/s1. The molecule has 0 radical (unpaired) electrons. The topological polar surface area (TPSA) is 70.7 Å². The smallest absolute Gasteiger partial charge is 0.362 e. The molecule has 9 heteroatoms. The number of aryl methyl sites for hydroxylation is 1. The van der Waals surface area contributed by atoms with Crippen molar-refractivity contribution in [2.45, 2.75) is 45.1 Å². The van der Waals surface area contributed by atoms with Crippen molar-refractivity contribution in [1.82, 2.24) is 14.8 Å². The van der Waals surface area contributed by atoms with Gasteiger partial charge in [0.25, 0.3) is 11.6 Å². The number of carbonyl (C=O) groups is 1. The van der Waals surface area contributed by atoms with Gasteiger partial charge in [-0.2, -0.15) is 28.4 Å². The molecule has 21 heavy (non-hydrogen) atoms. The molecule has 0 unspecified atom stereocenters. The van der Waals surface area contributed by atoms with Crippen LogP contribution in [0.4, 0.5) is 13.2 Å². The van der Waals surface area contributed by atoms with E-state index in [1.807, 2.05) is 0 Å². The highest BCUT2D eigenvalue weighted by Gasteiger charge is 2.63. The summed E-state index contributed by atoms with van der Waals surface area (Å²) in [6.07, 6.45) is -4.32. The van der Waals surface area contributed by atoms with Crippen LogP contribution in [0.25, 0.3) is 0 Å². The van der Waals surface area contributed by atoms with Crippen molar-refractivity contribution in [2.24, 2.45) is 5.10 Å². The maximum atomic E-state index is 13.1. The van der Waals surface area contributed by atoms with Crippen molar-refractivity contribution >= 4 is 11.6 Å². The monoisotopic (exact) mass is 304 g/mol. The highest BCUT2D eigenvalue weighted by molar-refractivity contribution is 5.90. The molecule has 2 rings (SSSR count). The third-order valence-corrected chi connectivity index (χ3v) is 3.38. The van der Waals surface area contributed by atoms with Crippen LogP contribution in [-0.2, 0) is 4.79 Å². The van der Waals surface area contributed by atoms with E-state index < -0.39 is 30.3 Å². The molecule has 0 fully saturated rings. The maximum Gasteiger partial charge on any atom is 0.438 e. The fourth-order valence-electron chi connectivity index (χ4n) is 2.24. The van der Waals surface area contributed by atoms with Gasteiger partial charge in [-0.3, -0.25) is 9.48 Å². The molecular formula is C12H15F3N4O2. The van der Waals surface area contributed by atoms with Crippen LogP contribution >= 0.6 is 0 Å². The summed E-state index contributed by atoms with van der Waals surface area (Å²) in [7, 11) is 0. The van der Waals surface area contributed by atoms with Crippen molar-refractivity contribution < 1.29 is 23.1 Å². The number of aromatic nitrogens is 2. The number of rotatable bonds is 2. The Balaban J connectivity index is 2.35. The van der Waals surface area contributed by atoms with Crippen molar-refractivity contribution in [2.75, 3.05) is 0 Å². The van der Waals surface area contributed by atoms with Crippen molar-refractivity contribution in [3.63, 3.8) is 0 Å². The Bertz CT molecular complexity index is 596. The molecule has 0 saturated carbocycles. The zero-order valence-corrected chi connectivity index (χ0v) is 11.7. The molecule has 0 aromatic carbocycles. The van der Waals surface area contributed by atoms with Crippen LogP contribution in [0.2, 0.25) is 0 Å². The number of amides is 1. The molecule has 2 heterocycles. The predicted molar refractivity (Wildman–Crippen MR) is 67.3 cm³/mol. The molecule has 0 saturated heterocycles. The number of aliphatic hydroxyl groups is 1. The Morgan fingerprint density at radius 3 is 2.57 bits per heavy atom. The summed E-state index contributed by atoms with van der Waals surface area (Å²) in [5.41, 5.74) is -2.65. The number of alkyl halides is 3. The Morgan fingerprint density at radius 1 is 1.48 bits per heavy atom. The van der Waals surface area contributed by atoms with Crippen LogP contribution in [0.3, 0.4) is 0 Å². The SMILES string of the molecule is CC1=NN(C(=O)[C@@H](C)n2nccc2C)[C@@](O)(C(F)(F)F)C1. The molecule has 0 spiro atoms. The summed E-state index contributed by atoms with van der Waals surface area (Å²) < 4.78 is 40.5. The first kappa shape index (κ1) is 15.5. The van der Waals surface area contributed by atoms with Gasteiger partial charge in [0.05, 0.1) is 0 Å². The molecule has 0 aliphatic carbocycles. The first-order valence-corrected chi connectivity index (χ1v) is 6.25. The Hall–Kier alpha value is -1.90. The van der Waals surface area contributed by atoms with Crippen molar-refractivity contribution in [3.8, 4) is 0 Å². The lowest BCUT2D eigenvalue weighted by Gasteiger charge is -2.34. The summed E-state index contributed by atoms with van der Waals surface area (Å²) in [6.45, 7) is 4.40. The summed E-state index contributed by atoms with van der Waals surface area (Å²) >= 11 is 0. The highest BCUT2D eigenvalue weighted by atomic mass is 19.4. The summed E-state index contributed by atoms with van der Waals surface area (Å²) in [5.74, 6) is -0.974. The van der Waals surface area contributed by atoms with E-state index in [-0.39, 0.29) is 10.7 Å². The summed E-state index contributed by atoms with van der Waals surface area (Å²) in [5, 5.41) is 17.5. The molecule has 1 aromatic rings. The predicted octanol–water partition coefficient (Wildman–Crippen LogP) is 1.61. The normalized spacial score (nSPS) is 24.1. The second-order valence-electron chi connectivity index (χ2n) is 5.07. The van der Waals surface area contributed by atoms with Gasteiger partial charge < -0.3 is 5.11 Å². The summed E-state index contributed by atoms with van der Waals surface area (Å²) in [4.78, 5) is 12.3. The molecule has 0 bridgehead atoms. The van der Waals surface area contributed by atoms with Gasteiger partial charge in [0.1, 0.15) is 6.04 Å². The minimum Gasteiger partial charge on any atom is -0.362 e. The van der Waals surface area contributed by atoms with Gasteiger partial charge in [0, 0.05) is 24.0 Å². The first-order valence-electron chi connectivity index (χ1n) is 6.25. The molecule has 1 aromatic heterocycles. The average molecular weight is 304 g/mol. The van der Waals surface area contributed by atoms with E-state index in [9.17, 15) is 23.1 Å². The molecular weight excluding hydrogens is 289 g/mol. The Labute approximate surface area is 118 Å². The van der Waals surface area contributed by atoms with E-state index in [1.165, 1.54) is 24.7 Å². The van der Waals surface area contributed by atoms with E-state index in [4.69, 9.17) is 0 Å². The van der Waals surface area contributed by atoms with Gasteiger partial charge in [0.15, 0.2) is 0 Å². The number of halogens is 3. The quantitative estimate of drug-likeness (QED) is 0.902. The van der Waals surface area contributed by atoms with Crippen LogP contribution in [0.5, 0.6) is 0 Å². The zero-order chi connectivity index (χ0) is 16.0. The van der Waals surface area contributed by atoms with Gasteiger partial charge in [0.2, 0.25) is 0 Å². The van der Waals surface area contributed by atoms with Gasteiger partial charge >= 0.3 is 6.18 Å². The Kier molecular flexibility index (Phi) is 3.56. The minimum atomic E-state index is -5.00. The number of hydrogen-bond acceptors (Lipinski definition) is 4. The maximum absolute atomic E-state index is 13.1.